The van der Waals surface area contributed by atoms with E-state index in [1.807, 2.05) is 13.8 Å². The van der Waals surface area contributed by atoms with Crippen LogP contribution in [0.5, 0.6) is 0 Å². The summed E-state index contributed by atoms with van der Waals surface area (Å²) in [7, 11) is 0. The molecule has 1 amide bonds. The van der Waals surface area contributed by atoms with Gasteiger partial charge in [-0.2, -0.15) is 4.37 Å². The van der Waals surface area contributed by atoms with Gasteiger partial charge in [0.25, 0.3) is 11.5 Å². The maximum absolute atomic E-state index is 12.6. The molecule has 0 aromatic carbocycles. The molecule has 0 saturated carbocycles. The van der Waals surface area contributed by atoms with E-state index < -0.39 is 11.2 Å². The number of fused-ring (bicyclic) bond motifs is 1. The van der Waals surface area contributed by atoms with E-state index in [1.165, 1.54) is 0 Å². The number of aromatic nitrogens is 3. The zero-order valence-corrected chi connectivity index (χ0v) is 13.8. The first-order chi connectivity index (χ1) is 11.0. The number of amides is 1. The van der Waals surface area contributed by atoms with Gasteiger partial charge in [0.2, 0.25) is 0 Å². The Morgan fingerprint density at radius 3 is 2.70 bits per heavy atom. The minimum absolute atomic E-state index is 0.145. The summed E-state index contributed by atoms with van der Waals surface area (Å²) in [5, 5.41) is 0. The molecule has 0 aliphatic carbocycles. The van der Waals surface area contributed by atoms with Crippen molar-refractivity contribution in [1.82, 2.24) is 18.8 Å². The molecule has 124 valence electrons. The van der Waals surface area contributed by atoms with Gasteiger partial charge in [0.15, 0.2) is 5.52 Å². The number of carbonyl (C=O) groups is 1. The lowest BCUT2D eigenvalue weighted by atomic mass is 10.2. The van der Waals surface area contributed by atoms with Gasteiger partial charge in [-0.05, 0) is 17.5 Å². The lowest BCUT2D eigenvalue weighted by Gasteiger charge is -2.26. The fourth-order valence-electron chi connectivity index (χ4n) is 2.53. The Hall–Kier alpha value is -2.00. The van der Waals surface area contributed by atoms with E-state index in [1.54, 1.807) is 4.90 Å². The molecule has 0 spiro atoms. The number of nitrogens with zero attached hydrogens (tertiary/aromatic N) is 3. The molecule has 0 atom stereocenters. The van der Waals surface area contributed by atoms with Crippen LogP contribution < -0.4 is 11.2 Å². The highest BCUT2D eigenvalue weighted by Gasteiger charge is 2.25. The van der Waals surface area contributed by atoms with Crippen molar-refractivity contribution in [3.05, 3.63) is 25.7 Å². The first kappa shape index (κ1) is 15.9. The predicted molar refractivity (Wildman–Crippen MR) is 86.1 cm³/mol. The normalized spacial score (nSPS) is 15.5. The van der Waals surface area contributed by atoms with Gasteiger partial charge in [-0.1, -0.05) is 13.8 Å². The molecule has 2 aromatic heterocycles. The number of nitrogens with one attached hydrogen (secondary N) is 1. The molecule has 0 bridgehead atoms. The number of aromatic amines is 1. The van der Waals surface area contributed by atoms with E-state index >= 15 is 0 Å². The van der Waals surface area contributed by atoms with Gasteiger partial charge in [0.05, 0.1) is 18.7 Å². The van der Waals surface area contributed by atoms with Gasteiger partial charge in [-0.15, -0.1) is 0 Å². The minimum atomic E-state index is -0.507. The molecule has 3 rings (SSSR count). The van der Waals surface area contributed by atoms with Crippen LogP contribution in [0.1, 0.15) is 23.5 Å². The quantitative estimate of drug-likeness (QED) is 0.867. The van der Waals surface area contributed by atoms with Crippen molar-refractivity contribution < 1.29 is 9.53 Å². The maximum Gasteiger partial charge on any atom is 0.328 e. The Balaban J connectivity index is 2.06. The van der Waals surface area contributed by atoms with Crippen LogP contribution in [0, 0.1) is 5.92 Å². The summed E-state index contributed by atoms with van der Waals surface area (Å²) < 4.78 is 10.5. The molecule has 23 heavy (non-hydrogen) atoms. The van der Waals surface area contributed by atoms with Crippen LogP contribution in [-0.4, -0.2) is 51.0 Å². The van der Waals surface area contributed by atoms with Gasteiger partial charge in [0, 0.05) is 19.6 Å². The molecular weight excluding hydrogens is 320 g/mol. The summed E-state index contributed by atoms with van der Waals surface area (Å²) in [5.74, 6) is -0.0724. The summed E-state index contributed by atoms with van der Waals surface area (Å²) in [6.45, 7) is 6.11. The smallest absolute Gasteiger partial charge is 0.328 e. The van der Waals surface area contributed by atoms with E-state index in [9.17, 15) is 14.4 Å². The molecule has 1 N–H and O–H groups in total. The first-order valence-electron chi connectivity index (χ1n) is 7.48. The molecule has 0 unspecified atom stereocenters. The Labute approximate surface area is 135 Å². The van der Waals surface area contributed by atoms with Crippen LogP contribution in [0.25, 0.3) is 11.0 Å². The van der Waals surface area contributed by atoms with E-state index in [2.05, 4.69) is 9.36 Å². The molecule has 1 aliphatic rings. The fourth-order valence-corrected chi connectivity index (χ4v) is 3.33. The van der Waals surface area contributed by atoms with Crippen LogP contribution in [0.15, 0.2) is 9.59 Å². The summed E-state index contributed by atoms with van der Waals surface area (Å²) >= 11 is 0.950. The highest BCUT2D eigenvalue weighted by molar-refractivity contribution is 7.09. The predicted octanol–water partition coefficient (Wildman–Crippen LogP) is 0.275. The second-order valence-corrected chi connectivity index (χ2v) is 6.65. The molecule has 1 fully saturated rings. The van der Waals surface area contributed by atoms with Crippen LogP contribution >= 0.6 is 11.5 Å². The van der Waals surface area contributed by atoms with Crippen molar-refractivity contribution in [3.63, 3.8) is 0 Å². The summed E-state index contributed by atoms with van der Waals surface area (Å²) in [5.41, 5.74) is -0.574. The second kappa shape index (κ2) is 6.25. The van der Waals surface area contributed by atoms with Crippen molar-refractivity contribution in [2.24, 2.45) is 5.92 Å². The lowest BCUT2D eigenvalue weighted by Crippen LogP contribution is -2.41. The monoisotopic (exact) mass is 338 g/mol. The van der Waals surface area contributed by atoms with Crippen molar-refractivity contribution in [2.45, 2.75) is 20.4 Å². The van der Waals surface area contributed by atoms with E-state index in [4.69, 9.17) is 4.74 Å². The van der Waals surface area contributed by atoms with Crippen molar-refractivity contribution >= 4 is 28.5 Å². The Morgan fingerprint density at radius 1 is 1.35 bits per heavy atom. The number of hydrogen-bond acceptors (Lipinski definition) is 6. The third kappa shape index (κ3) is 2.93. The minimum Gasteiger partial charge on any atom is -0.378 e. The molecule has 0 radical (unpaired) electrons. The fraction of sp³-hybridized carbons (Fsp3) is 0.571. The first-order valence-corrected chi connectivity index (χ1v) is 8.26. The third-order valence-electron chi connectivity index (χ3n) is 3.66. The van der Waals surface area contributed by atoms with Gasteiger partial charge in [-0.3, -0.25) is 14.2 Å². The molecule has 3 heterocycles. The number of H-pyrrole nitrogens is 1. The number of ether oxygens (including phenoxy) is 1. The average Bonchev–Trinajstić information content (AvgIpc) is 2.95. The van der Waals surface area contributed by atoms with E-state index in [-0.39, 0.29) is 22.9 Å². The Kier molecular flexibility index (Phi) is 4.31. The number of hydrogen-bond donors (Lipinski definition) is 1. The van der Waals surface area contributed by atoms with Crippen LogP contribution in [0.3, 0.4) is 0 Å². The second-order valence-electron chi connectivity index (χ2n) is 5.88. The van der Waals surface area contributed by atoms with Crippen molar-refractivity contribution in [2.75, 3.05) is 26.3 Å². The van der Waals surface area contributed by atoms with Crippen LogP contribution in [0.4, 0.5) is 0 Å². The SMILES string of the molecule is CC(C)Cn1c(=O)[nH]c2c(C(=O)N3CCOCC3)snc2c1=O. The van der Waals surface area contributed by atoms with Gasteiger partial charge in [-0.25, -0.2) is 4.79 Å². The standard InChI is InChI=1S/C14H18N4O4S/c1-8(2)7-18-12(19)10-9(15-14(18)21)11(23-16-10)13(20)17-3-5-22-6-4-17/h8H,3-7H2,1-2H3,(H,15,21). The molecule has 2 aromatic rings. The topological polar surface area (TPSA) is 97.3 Å². The largest absolute Gasteiger partial charge is 0.378 e. The highest BCUT2D eigenvalue weighted by atomic mass is 32.1. The lowest BCUT2D eigenvalue weighted by molar-refractivity contribution is 0.0307. The molecular formula is C14H18N4O4S. The maximum atomic E-state index is 12.6. The van der Waals surface area contributed by atoms with E-state index in [0.29, 0.717) is 37.7 Å². The highest BCUT2D eigenvalue weighted by Crippen LogP contribution is 2.19. The summed E-state index contributed by atoms with van der Waals surface area (Å²) in [6.07, 6.45) is 0. The van der Waals surface area contributed by atoms with Crippen LogP contribution in [-0.2, 0) is 11.3 Å². The van der Waals surface area contributed by atoms with Gasteiger partial charge < -0.3 is 14.6 Å². The molecule has 1 aliphatic heterocycles. The van der Waals surface area contributed by atoms with Crippen LogP contribution in [0.2, 0.25) is 0 Å². The Morgan fingerprint density at radius 2 is 2.04 bits per heavy atom. The molecule has 8 nitrogen and oxygen atoms in total. The van der Waals surface area contributed by atoms with Gasteiger partial charge in [0.1, 0.15) is 4.88 Å². The number of carbonyl (C=O) groups excluding carboxylic acids is 1. The number of rotatable bonds is 3. The van der Waals surface area contributed by atoms with Gasteiger partial charge >= 0.3 is 5.69 Å². The zero-order chi connectivity index (χ0) is 16.6. The van der Waals surface area contributed by atoms with Crippen molar-refractivity contribution in [3.8, 4) is 0 Å². The zero-order valence-electron chi connectivity index (χ0n) is 13.0. The summed E-state index contributed by atoms with van der Waals surface area (Å²) in [6, 6.07) is 0. The van der Waals surface area contributed by atoms with E-state index in [0.717, 1.165) is 16.1 Å². The molecule has 1 saturated heterocycles. The summed E-state index contributed by atoms with van der Waals surface area (Å²) in [4.78, 5) is 41.8. The van der Waals surface area contributed by atoms with Crippen molar-refractivity contribution in [1.29, 1.82) is 0 Å². The third-order valence-corrected chi connectivity index (χ3v) is 4.49. The number of morpholine rings is 1. The average molecular weight is 338 g/mol. The molecule has 9 heteroatoms. The Bertz CT molecular complexity index is 845.